The Bertz CT molecular complexity index is 868. The van der Waals surface area contributed by atoms with E-state index >= 15 is 0 Å². The lowest BCUT2D eigenvalue weighted by Gasteiger charge is -2.45. The van der Waals surface area contributed by atoms with Crippen LogP contribution in [-0.4, -0.2) is 37.6 Å². The third-order valence-electron chi connectivity index (χ3n) is 6.47. The summed E-state index contributed by atoms with van der Waals surface area (Å²) in [5, 5.41) is 7.26. The molecule has 2 aromatic rings. The van der Waals surface area contributed by atoms with Gasteiger partial charge in [-0.3, -0.25) is 4.79 Å². The van der Waals surface area contributed by atoms with Crippen LogP contribution in [0.1, 0.15) is 39.3 Å². The van der Waals surface area contributed by atoms with Gasteiger partial charge in [0.1, 0.15) is 0 Å². The Kier molecular flexibility index (Phi) is 5.50. The Hall–Kier alpha value is -2.53. The van der Waals surface area contributed by atoms with Gasteiger partial charge in [-0.15, -0.1) is 0 Å². The molecule has 0 spiro atoms. The van der Waals surface area contributed by atoms with Crippen molar-refractivity contribution in [1.82, 2.24) is 5.32 Å². The second-order valence-electron chi connectivity index (χ2n) is 8.52. The molecule has 1 saturated heterocycles. The number of piperazine rings is 1. The van der Waals surface area contributed by atoms with Gasteiger partial charge in [-0.2, -0.15) is 0 Å². The Morgan fingerprint density at radius 3 is 2.55 bits per heavy atom. The summed E-state index contributed by atoms with van der Waals surface area (Å²) in [4.78, 5) is 16.9. The van der Waals surface area contributed by atoms with Gasteiger partial charge >= 0.3 is 0 Å². The van der Waals surface area contributed by atoms with Crippen LogP contribution in [0, 0.1) is 5.92 Å². The number of para-hydroxylation sites is 1. The minimum absolute atomic E-state index is 0.104. The van der Waals surface area contributed by atoms with Crippen molar-refractivity contribution in [2.45, 2.75) is 45.8 Å². The fourth-order valence-electron chi connectivity index (χ4n) is 4.77. The minimum atomic E-state index is 0.104. The molecule has 2 aliphatic rings. The summed E-state index contributed by atoms with van der Waals surface area (Å²) in [6.07, 6.45) is 0. The molecule has 5 nitrogen and oxygen atoms in total. The minimum Gasteiger partial charge on any atom is -0.378 e. The summed E-state index contributed by atoms with van der Waals surface area (Å²) in [5.74, 6) is 0.385. The van der Waals surface area contributed by atoms with E-state index in [2.05, 4.69) is 78.8 Å². The molecule has 0 saturated carbocycles. The van der Waals surface area contributed by atoms with Crippen LogP contribution in [0.3, 0.4) is 0 Å². The molecule has 4 unspecified atom stereocenters. The van der Waals surface area contributed by atoms with Crippen molar-refractivity contribution < 1.29 is 4.79 Å². The molecular weight excluding hydrogens is 360 g/mol. The number of hydrogen-bond donors (Lipinski definition) is 2. The number of anilines is 3. The number of carbonyl (C=O) groups excluding carboxylic acids is 1. The molecule has 0 aromatic heterocycles. The van der Waals surface area contributed by atoms with Crippen molar-refractivity contribution in [3.63, 3.8) is 0 Å². The monoisotopic (exact) mass is 392 g/mol. The molecule has 0 aliphatic carbocycles. The lowest BCUT2D eigenvalue weighted by molar-refractivity contribution is -0.117. The van der Waals surface area contributed by atoms with Gasteiger partial charge in [0, 0.05) is 67.2 Å². The van der Waals surface area contributed by atoms with E-state index in [4.69, 9.17) is 0 Å². The van der Waals surface area contributed by atoms with E-state index in [9.17, 15) is 4.79 Å². The quantitative estimate of drug-likeness (QED) is 0.828. The summed E-state index contributed by atoms with van der Waals surface area (Å²) in [7, 11) is 0. The molecule has 2 heterocycles. The van der Waals surface area contributed by atoms with Crippen molar-refractivity contribution in [2.75, 3.05) is 34.8 Å². The van der Waals surface area contributed by atoms with Crippen LogP contribution >= 0.6 is 0 Å². The van der Waals surface area contributed by atoms with Crippen LogP contribution in [0.4, 0.5) is 17.1 Å². The van der Waals surface area contributed by atoms with Gasteiger partial charge in [0.05, 0.1) is 6.04 Å². The van der Waals surface area contributed by atoms with Crippen molar-refractivity contribution in [1.29, 1.82) is 0 Å². The SMILES string of the molecule is CC(=O)N1c2ccc(N3CCNC(C)C3)cc2C(Nc2ccccc2)C(C)C1C. The fraction of sp³-hybridized carbons (Fsp3) is 0.458. The van der Waals surface area contributed by atoms with Crippen LogP contribution in [0.25, 0.3) is 0 Å². The first-order valence-electron chi connectivity index (χ1n) is 10.7. The standard InChI is InChI=1S/C24H32N4O/c1-16-15-27(13-12-25-16)21-10-11-23-22(14-21)24(26-20-8-6-5-7-9-20)17(2)18(3)28(23)19(4)29/h5-11,14,16-18,24-26H,12-13,15H2,1-4H3. The van der Waals surface area contributed by atoms with Crippen LogP contribution < -0.4 is 20.4 Å². The Morgan fingerprint density at radius 1 is 1.10 bits per heavy atom. The van der Waals surface area contributed by atoms with E-state index in [1.807, 2.05) is 11.0 Å². The van der Waals surface area contributed by atoms with Crippen LogP contribution in [0.5, 0.6) is 0 Å². The molecule has 2 aliphatic heterocycles. The zero-order valence-corrected chi connectivity index (χ0v) is 17.9. The number of nitrogens with one attached hydrogen (secondary N) is 2. The summed E-state index contributed by atoms with van der Waals surface area (Å²) in [6, 6.07) is 17.7. The first-order valence-corrected chi connectivity index (χ1v) is 10.7. The van der Waals surface area contributed by atoms with Gasteiger partial charge in [0.2, 0.25) is 5.91 Å². The highest BCUT2D eigenvalue weighted by atomic mass is 16.2. The lowest BCUT2D eigenvalue weighted by Crippen LogP contribution is -2.50. The molecule has 2 aromatic carbocycles. The van der Waals surface area contributed by atoms with E-state index in [1.54, 1.807) is 6.92 Å². The normalized spacial score (nSPS) is 26.8. The summed E-state index contributed by atoms with van der Waals surface area (Å²) < 4.78 is 0. The molecule has 1 fully saturated rings. The smallest absolute Gasteiger partial charge is 0.224 e. The van der Waals surface area contributed by atoms with E-state index in [0.29, 0.717) is 6.04 Å². The summed E-state index contributed by atoms with van der Waals surface area (Å²) >= 11 is 0. The lowest BCUT2D eigenvalue weighted by atomic mass is 9.82. The Labute approximate surface area is 174 Å². The molecule has 4 rings (SSSR count). The summed E-state index contributed by atoms with van der Waals surface area (Å²) in [6.45, 7) is 11.3. The largest absolute Gasteiger partial charge is 0.378 e. The van der Waals surface area contributed by atoms with E-state index in [0.717, 1.165) is 31.0 Å². The first kappa shape index (κ1) is 19.8. The molecule has 29 heavy (non-hydrogen) atoms. The second-order valence-corrected chi connectivity index (χ2v) is 8.52. The third kappa shape index (κ3) is 3.84. The second kappa shape index (κ2) is 8.07. The van der Waals surface area contributed by atoms with Crippen LogP contribution in [0.15, 0.2) is 48.5 Å². The van der Waals surface area contributed by atoms with E-state index in [-0.39, 0.29) is 23.9 Å². The Morgan fingerprint density at radius 2 is 1.86 bits per heavy atom. The first-order chi connectivity index (χ1) is 14.0. The highest BCUT2D eigenvalue weighted by molar-refractivity contribution is 5.94. The topological polar surface area (TPSA) is 47.6 Å². The average molecular weight is 393 g/mol. The number of nitrogens with zero attached hydrogens (tertiary/aromatic N) is 2. The maximum absolute atomic E-state index is 12.5. The summed E-state index contributed by atoms with van der Waals surface area (Å²) in [5.41, 5.74) is 4.59. The number of benzene rings is 2. The zero-order chi connectivity index (χ0) is 20.5. The molecule has 0 radical (unpaired) electrons. The van der Waals surface area contributed by atoms with Gasteiger partial charge in [-0.1, -0.05) is 25.1 Å². The molecule has 4 atom stereocenters. The molecule has 154 valence electrons. The number of fused-ring (bicyclic) bond motifs is 1. The van der Waals surface area contributed by atoms with Gasteiger partial charge < -0.3 is 20.4 Å². The van der Waals surface area contributed by atoms with Gasteiger partial charge in [0.15, 0.2) is 0 Å². The molecule has 5 heteroatoms. The number of rotatable bonds is 3. The van der Waals surface area contributed by atoms with Crippen molar-refractivity contribution >= 4 is 23.0 Å². The van der Waals surface area contributed by atoms with Crippen LogP contribution in [0.2, 0.25) is 0 Å². The highest BCUT2D eigenvalue weighted by Gasteiger charge is 2.38. The molecule has 2 N–H and O–H groups in total. The van der Waals surface area contributed by atoms with Crippen molar-refractivity contribution in [2.24, 2.45) is 5.92 Å². The zero-order valence-electron chi connectivity index (χ0n) is 17.9. The van der Waals surface area contributed by atoms with E-state index < -0.39 is 0 Å². The predicted molar refractivity (Wildman–Crippen MR) is 121 cm³/mol. The highest BCUT2D eigenvalue weighted by Crippen LogP contribution is 2.44. The number of amides is 1. The predicted octanol–water partition coefficient (Wildman–Crippen LogP) is 4.03. The van der Waals surface area contributed by atoms with Crippen molar-refractivity contribution in [3.8, 4) is 0 Å². The van der Waals surface area contributed by atoms with Gasteiger partial charge in [-0.05, 0) is 44.2 Å². The van der Waals surface area contributed by atoms with Gasteiger partial charge in [-0.25, -0.2) is 0 Å². The van der Waals surface area contributed by atoms with Crippen molar-refractivity contribution in [3.05, 3.63) is 54.1 Å². The molecular formula is C24H32N4O. The fourth-order valence-corrected chi connectivity index (χ4v) is 4.77. The molecule has 1 amide bonds. The maximum Gasteiger partial charge on any atom is 0.224 e. The average Bonchev–Trinajstić information content (AvgIpc) is 2.72. The van der Waals surface area contributed by atoms with E-state index in [1.165, 1.54) is 11.3 Å². The molecule has 0 bridgehead atoms. The van der Waals surface area contributed by atoms with Crippen LogP contribution in [-0.2, 0) is 4.79 Å². The van der Waals surface area contributed by atoms with Gasteiger partial charge in [0.25, 0.3) is 0 Å². The maximum atomic E-state index is 12.5. The number of carbonyl (C=O) groups is 1. The number of hydrogen-bond acceptors (Lipinski definition) is 4. The third-order valence-corrected chi connectivity index (χ3v) is 6.47. The Balaban J connectivity index is 1.76.